The van der Waals surface area contributed by atoms with E-state index in [1.165, 1.54) is 6.08 Å². The molecule has 0 radical (unpaired) electrons. The van der Waals surface area contributed by atoms with E-state index < -0.39 is 17.9 Å². The van der Waals surface area contributed by atoms with Gasteiger partial charge in [0.15, 0.2) is 0 Å². The van der Waals surface area contributed by atoms with Crippen LogP contribution in [-0.2, 0) is 19.1 Å². The summed E-state index contributed by atoms with van der Waals surface area (Å²) in [4.78, 5) is 31.9. The number of carboxylic acids is 3. The van der Waals surface area contributed by atoms with Gasteiger partial charge in [-0.15, -0.1) is 0 Å². The van der Waals surface area contributed by atoms with Crippen molar-refractivity contribution in [1.82, 2.24) is 4.90 Å². The fraction of sp³-hybridized carbons (Fsp3) is 0.533. The highest BCUT2D eigenvalue weighted by molar-refractivity contribution is 5.89. The summed E-state index contributed by atoms with van der Waals surface area (Å²) in [6.07, 6.45) is 5.24. The zero-order valence-corrected chi connectivity index (χ0v) is 12.9. The van der Waals surface area contributed by atoms with Crippen LogP contribution in [0.1, 0.15) is 19.3 Å². The van der Waals surface area contributed by atoms with Crippen molar-refractivity contribution in [2.75, 3.05) is 26.7 Å². The third-order valence-corrected chi connectivity index (χ3v) is 3.71. The van der Waals surface area contributed by atoms with E-state index in [2.05, 4.69) is 11.9 Å². The van der Waals surface area contributed by atoms with Gasteiger partial charge in [0, 0.05) is 37.7 Å². The fourth-order valence-corrected chi connectivity index (χ4v) is 2.52. The van der Waals surface area contributed by atoms with Crippen LogP contribution in [0.15, 0.2) is 23.8 Å². The highest BCUT2D eigenvalue weighted by atomic mass is 16.5. The van der Waals surface area contributed by atoms with E-state index in [9.17, 15) is 14.4 Å². The minimum Gasteiger partial charge on any atom is -0.478 e. The summed E-state index contributed by atoms with van der Waals surface area (Å²) in [6, 6.07) is 0. The van der Waals surface area contributed by atoms with Crippen molar-refractivity contribution >= 4 is 17.9 Å². The average molecular weight is 327 g/mol. The van der Waals surface area contributed by atoms with Crippen molar-refractivity contribution in [2.24, 2.45) is 0 Å². The first kappa shape index (κ1) is 18.9. The molecule has 23 heavy (non-hydrogen) atoms. The van der Waals surface area contributed by atoms with E-state index in [0.29, 0.717) is 18.8 Å². The van der Waals surface area contributed by atoms with E-state index in [1.54, 1.807) is 0 Å². The van der Waals surface area contributed by atoms with Gasteiger partial charge in [0.2, 0.25) is 0 Å². The Bertz CT molecular complexity index is 500. The molecule has 2 heterocycles. The Morgan fingerprint density at radius 1 is 1.04 bits per heavy atom. The summed E-state index contributed by atoms with van der Waals surface area (Å²) in [7, 11) is 2.11. The van der Waals surface area contributed by atoms with Gasteiger partial charge in [-0.1, -0.05) is 0 Å². The first-order valence-corrected chi connectivity index (χ1v) is 7.11. The number of carbonyl (C=O) groups is 3. The number of piperidine rings is 1. The topological polar surface area (TPSA) is 124 Å². The van der Waals surface area contributed by atoms with Crippen LogP contribution in [0.5, 0.6) is 0 Å². The van der Waals surface area contributed by atoms with Crippen LogP contribution >= 0.6 is 0 Å². The van der Waals surface area contributed by atoms with Crippen molar-refractivity contribution < 1.29 is 34.4 Å². The molecule has 0 aliphatic carbocycles. The third kappa shape index (κ3) is 7.07. The lowest BCUT2D eigenvalue weighted by Gasteiger charge is -2.36. The molecule has 0 amide bonds. The predicted molar refractivity (Wildman–Crippen MR) is 80.2 cm³/mol. The molecule has 1 spiro atoms. The second-order valence-corrected chi connectivity index (χ2v) is 5.60. The first-order valence-electron chi connectivity index (χ1n) is 7.11. The molecule has 0 bridgehead atoms. The molecule has 0 aromatic heterocycles. The van der Waals surface area contributed by atoms with Gasteiger partial charge in [-0.25, -0.2) is 14.4 Å². The third-order valence-electron chi connectivity index (χ3n) is 3.71. The van der Waals surface area contributed by atoms with Crippen molar-refractivity contribution in [1.29, 1.82) is 0 Å². The van der Waals surface area contributed by atoms with Crippen LogP contribution in [0.3, 0.4) is 0 Å². The van der Waals surface area contributed by atoms with E-state index in [4.69, 9.17) is 20.1 Å². The molecule has 0 aromatic carbocycles. The molecular weight excluding hydrogens is 306 g/mol. The Kier molecular flexibility index (Phi) is 6.92. The van der Waals surface area contributed by atoms with Crippen molar-refractivity contribution in [3.8, 4) is 0 Å². The van der Waals surface area contributed by atoms with Crippen molar-refractivity contribution in [3.63, 3.8) is 0 Å². The Labute approximate surface area is 133 Å². The van der Waals surface area contributed by atoms with E-state index >= 15 is 0 Å². The number of carboxylic acid groups (broad SMARTS) is 3. The standard InChI is InChI=1S/C11H17NO3.C4H4O4/c1-12-4-2-11(3-5-12)7-9(8-15-11)6-10(13)14;5-3(6)1-2-4(7)8/h6H,2-5,7-8H2,1H3,(H,13,14);1-2H,(H,5,6)(H,7,8)/b9-6-;2-1-. The van der Waals surface area contributed by atoms with Crippen LogP contribution in [-0.4, -0.2) is 70.5 Å². The van der Waals surface area contributed by atoms with Gasteiger partial charge in [-0.2, -0.15) is 0 Å². The molecule has 8 nitrogen and oxygen atoms in total. The Hall–Kier alpha value is -2.19. The highest BCUT2D eigenvalue weighted by Gasteiger charge is 2.39. The molecule has 0 atom stereocenters. The maximum Gasteiger partial charge on any atom is 0.328 e. The second-order valence-electron chi connectivity index (χ2n) is 5.60. The number of aliphatic carboxylic acids is 3. The molecule has 2 rings (SSSR count). The molecule has 0 unspecified atom stereocenters. The SMILES string of the molecule is CN1CCC2(CC1)C/C(=C/C(=O)O)CO2.O=C(O)/C=C\C(=O)O. The summed E-state index contributed by atoms with van der Waals surface area (Å²) in [5.74, 6) is -3.38. The normalized spacial score (nSPS) is 22.0. The second kappa shape index (κ2) is 8.44. The Morgan fingerprint density at radius 3 is 2.00 bits per heavy atom. The number of rotatable bonds is 3. The summed E-state index contributed by atoms with van der Waals surface area (Å²) in [6.45, 7) is 2.58. The lowest BCUT2D eigenvalue weighted by molar-refractivity contribution is -0.134. The molecule has 2 fully saturated rings. The van der Waals surface area contributed by atoms with Gasteiger partial charge in [0.1, 0.15) is 0 Å². The Balaban J connectivity index is 0.000000284. The van der Waals surface area contributed by atoms with E-state index in [1.807, 2.05) is 0 Å². The van der Waals surface area contributed by atoms with Crippen LogP contribution < -0.4 is 0 Å². The molecule has 128 valence electrons. The maximum atomic E-state index is 10.5. The number of hydrogen-bond acceptors (Lipinski definition) is 5. The summed E-state index contributed by atoms with van der Waals surface area (Å²) in [5, 5.41) is 24.3. The summed E-state index contributed by atoms with van der Waals surface area (Å²) >= 11 is 0. The van der Waals surface area contributed by atoms with Crippen molar-refractivity contribution in [2.45, 2.75) is 24.9 Å². The molecule has 3 N–H and O–H groups in total. The smallest absolute Gasteiger partial charge is 0.328 e. The number of nitrogens with zero attached hydrogens (tertiary/aromatic N) is 1. The minimum atomic E-state index is -1.26. The number of likely N-dealkylation sites (tertiary alicyclic amines) is 1. The average Bonchev–Trinajstić information content (AvgIpc) is 2.83. The van der Waals surface area contributed by atoms with E-state index in [-0.39, 0.29) is 5.60 Å². The molecule has 2 saturated heterocycles. The fourth-order valence-electron chi connectivity index (χ4n) is 2.52. The van der Waals surface area contributed by atoms with Crippen LogP contribution in [0.25, 0.3) is 0 Å². The molecular formula is C15H21NO7. The number of ether oxygens (including phenoxy) is 1. The van der Waals surface area contributed by atoms with Gasteiger partial charge in [-0.3, -0.25) is 0 Å². The monoisotopic (exact) mass is 327 g/mol. The summed E-state index contributed by atoms with van der Waals surface area (Å²) in [5.41, 5.74) is 0.861. The molecule has 0 aromatic rings. The largest absolute Gasteiger partial charge is 0.478 e. The Morgan fingerprint density at radius 2 is 1.57 bits per heavy atom. The van der Waals surface area contributed by atoms with Gasteiger partial charge < -0.3 is 25.0 Å². The van der Waals surface area contributed by atoms with E-state index in [0.717, 1.165) is 37.9 Å². The van der Waals surface area contributed by atoms with Gasteiger partial charge in [-0.05, 0) is 25.5 Å². The lowest BCUT2D eigenvalue weighted by Crippen LogP contribution is -2.42. The summed E-state index contributed by atoms with van der Waals surface area (Å²) < 4.78 is 5.78. The number of hydrogen-bond donors (Lipinski definition) is 3. The van der Waals surface area contributed by atoms with Crippen molar-refractivity contribution in [3.05, 3.63) is 23.8 Å². The quantitative estimate of drug-likeness (QED) is 0.643. The van der Waals surface area contributed by atoms with Gasteiger partial charge in [0.25, 0.3) is 0 Å². The molecule has 2 aliphatic rings. The van der Waals surface area contributed by atoms with Crippen LogP contribution in [0.4, 0.5) is 0 Å². The minimum absolute atomic E-state index is 0.0617. The highest BCUT2D eigenvalue weighted by Crippen LogP contribution is 2.37. The van der Waals surface area contributed by atoms with Crippen LogP contribution in [0.2, 0.25) is 0 Å². The van der Waals surface area contributed by atoms with Crippen LogP contribution in [0, 0.1) is 0 Å². The predicted octanol–water partition coefficient (Wildman–Crippen LogP) is 0.594. The molecule has 2 aliphatic heterocycles. The zero-order chi connectivity index (χ0) is 17.5. The molecule has 0 saturated carbocycles. The maximum absolute atomic E-state index is 10.5. The molecule has 8 heteroatoms. The van der Waals surface area contributed by atoms with Gasteiger partial charge in [0.05, 0.1) is 12.2 Å². The van der Waals surface area contributed by atoms with Gasteiger partial charge >= 0.3 is 17.9 Å². The lowest BCUT2D eigenvalue weighted by atomic mass is 9.87. The zero-order valence-electron chi connectivity index (χ0n) is 12.9. The first-order chi connectivity index (χ1) is 10.7.